The predicted octanol–water partition coefficient (Wildman–Crippen LogP) is 1.37. The van der Waals surface area contributed by atoms with Crippen LogP contribution in [0.15, 0.2) is 0 Å². The van der Waals surface area contributed by atoms with Gasteiger partial charge in [-0.05, 0) is 25.4 Å². The fourth-order valence-electron chi connectivity index (χ4n) is 1.81. The molecule has 0 aliphatic carbocycles. The van der Waals surface area contributed by atoms with E-state index in [-0.39, 0.29) is 12.0 Å². The number of aliphatic carboxylic acids is 1. The van der Waals surface area contributed by atoms with Crippen molar-refractivity contribution in [3.05, 3.63) is 0 Å². The average Bonchev–Trinajstić information content (AvgIpc) is 2.22. The fraction of sp³-hybridized carbons (Fsp3) is 0.857. The molecule has 2 atom stereocenters. The molecule has 0 aliphatic heterocycles. The summed E-state index contributed by atoms with van der Waals surface area (Å²) < 4.78 is 0. The van der Waals surface area contributed by atoms with Crippen LogP contribution in [0.4, 0.5) is 4.79 Å². The smallest absolute Gasteiger partial charge is 0.326 e. The molecule has 0 rings (SSSR count). The number of carbonyl (C=O) groups excluding carboxylic acids is 1. The minimum Gasteiger partial charge on any atom is -0.480 e. The van der Waals surface area contributed by atoms with Gasteiger partial charge in [-0.3, -0.25) is 0 Å². The van der Waals surface area contributed by atoms with E-state index < -0.39 is 23.5 Å². The number of nitrogens with zero attached hydrogens (tertiary/aromatic N) is 1. The van der Waals surface area contributed by atoms with Gasteiger partial charge in [0.15, 0.2) is 0 Å². The van der Waals surface area contributed by atoms with Gasteiger partial charge in [0.2, 0.25) is 0 Å². The molecule has 0 aromatic rings. The van der Waals surface area contributed by atoms with Gasteiger partial charge in [0.05, 0.1) is 0 Å². The molecule has 1 unspecified atom stereocenters. The summed E-state index contributed by atoms with van der Waals surface area (Å²) in [6.45, 7) is 10.1. The zero-order valence-electron chi connectivity index (χ0n) is 13.7. The van der Waals surface area contributed by atoms with E-state index in [1.807, 2.05) is 32.8 Å². The highest BCUT2D eigenvalue weighted by Gasteiger charge is 2.33. The number of hydrogen-bond acceptors (Lipinski definition) is 3. The Morgan fingerprint density at radius 3 is 1.95 bits per heavy atom. The second-order valence-corrected chi connectivity index (χ2v) is 6.87. The van der Waals surface area contributed by atoms with Crippen molar-refractivity contribution < 1.29 is 14.7 Å². The lowest BCUT2D eigenvalue weighted by Crippen LogP contribution is -2.56. The summed E-state index contributed by atoms with van der Waals surface area (Å²) >= 11 is 0. The third-order valence-corrected chi connectivity index (χ3v) is 3.07. The van der Waals surface area contributed by atoms with Gasteiger partial charge in [-0.2, -0.15) is 0 Å². The van der Waals surface area contributed by atoms with Gasteiger partial charge in [0.1, 0.15) is 6.04 Å². The molecule has 0 bridgehead atoms. The minimum atomic E-state index is -1.03. The Labute approximate surface area is 121 Å². The molecule has 0 fully saturated rings. The first kappa shape index (κ1) is 18.7. The van der Waals surface area contributed by atoms with Gasteiger partial charge < -0.3 is 20.6 Å². The predicted molar refractivity (Wildman–Crippen MR) is 79.7 cm³/mol. The normalized spacial score (nSPS) is 15.1. The molecule has 0 aromatic heterocycles. The number of likely N-dealkylation sites (N-methyl/N-ethyl adjacent to an activating group) is 1. The van der Waals surface area contributed by atoms with Crippen LogP contribution in [0.25, 0.3) is 0 Å². The molecule has 0 aromatic carbocycles. The zero-order chi connectivity index (χ0) is 16.1. The molecule has 0 radical (unpaired) electrons. The van der Waals surface area contributed by atoms with Crippen LogP contribution in [-0.2, 0) is 4.79 Å². The van der Waals surface area contributed by atoms with Crippen molar-refractivity contribution in [2.24, 2.45) is 11.3 Å². The standard InChI is InChI=1S/C14H29N3O3/c1-9(2)10(8-17(6)7)15-13(20)16-11(12(18)19)14(3,4)5/h9-11H,8H2,1-7H3,(H,18,19)(H2,15,16,20)/t10?,11-/m1/s1. The van der Waals surface area contributed by atoms with E-state index in [1.54, 1.807) is 20.8 Å². The van der Waals surface area contributed by atoms with Crippen molar-refractivity contribution in [1.82, 2.24) is 15.5 Å². The summed E-state index contributed by atoms with van der Waals surface area (Å²) in [4.78, 5) is 25.2. The highest BCUT2D eigenvalue weighted by molar-refractivity contribution is 5.83. The molecule has 6 heteroatoms. The molecular weight excluding hydrogens is 258 g/mol. The van der Waals surface area contributed by atoms with Crippen molar-refractivity contribution in [3.8, 4) is 0 Å². The Balaban J connectivity index is 4.69. The van der Waals surface area contributed by atoms with Crippen molar-refractivity contribution in [1.29, 1.82) is 0 Å². The van der Waals surface area contributed by atoms with Gasteiger partial charge in [-0.25, -0.2) is 9.59 Å². The maximum atomic E-state index is 12.0. The SMILES string of the molecule is CC(C)C(CN(C)C)NC(=O)N[C@H](C(=O)O)C(C)(C)C. The minimum absolute atomic E-state index is 0.0283. The Morgan fingerprint density at radius 2 is 1.65 bits per heavy atom. The number of urea groups is 1. The lowest BCUT2D eigenvalue weighted by molar-refractivity contribution is -0.141. The van der Waals surface area contributed by atoms with Crippen LogP contribution in [0.3, 0.4) is 0 Å². The number of rotatable bonds is 6. The maximum Gasteiger partial charge on any atom is 0.326 e. The first-order chi connectivity index (χ1) is 8.95. The summed E-state index contributed by atoms with van der Waals surface area (Å²) in [5.74, 6) is -0.762. The summed E-state index contributed by atoms with van der Waals surface area (Å²) in [5.41, 5.74) is -0.544. The fourth-order valence-corrected chi connectivity index (χ4v) is 1.81. The van der Waals surface area contributed by atoms with Crippen molar-refractivity contribution in [3.63, 3.8) is 0 Å². The summed E-state index contributed by atoms with van der Waals surface area (Å²) in [5, 5.41) is 14.6. The van der Waals surface area contributed by atoms with Crippen LogP contribution in [-0.4, -0.2) is 54.7 Å². The molecule has 6 nitrogen and oxygen atoms in total. The van der Waals surface area contributed by atoms with Gasteiger partial charge in [0.25, 0.3) is 0 Å². The number of carbonyl (C=O) groups is 2. The first-order valence-corrected chi connectivity index (χ1v) is 6.89. The van der Waals surface area contributed by atoms with Crippen molar-refractivity contribution in [2.75, 3.05) is 20.6 Å². The second kappa shape index (κ2) is 7.47. The Hall–Kier alpha value is -1.30. The molecular formula is C14H29N3O3. The number of carboxylic acid groups (broad SMARTS) is 1. The summed E-state index contributed by atoms with van der Waals surface area (Å²) in [6.07, 6.45) is 0. The second-order valence-electron chi connectivity index (χ2n) is 6.87. The lowest BCUT2D eigenvalue weighted by Gasteiger charge is -2.30. The highest BCUT2D eigenvalue weighted by Crippen LogP contribution is 2.19. The molecule has 3 N–H and O–H groups in total. The van der Waals surface area contributed by atoms with E-state index in [2.05, 4.69) is 10.6 Å². The molecule has 0 saturated carbocycles. The molecule has 0 saturated heterocycles. The molecule has 0 spiro atoms. The van der Waals surface area contributed by atoms with Crippen LogP contribution >= 0.6 is 0 Å². The van der Waals surface area contributed by atoms with E-state index in [1.165, 1.54) is 0 Å². The Bertz CT molecular complexity index is 335. The number of amides is 2. The van der Waals surface area contributed by atoms with Crippen LogP contribution < -0.4 is 10.6 Å². The molecule has 0 heterocycles. The van der Waals surface area contributed by atoms with E-state index in [0.717, 1.165) is 0 Å². The number of hydrogen-bond donors (Lipinski definition) is 3. The first-order valence-electron chi connectivity index (χ1n) is 6.89. The van der Waals surface area contributed by atoms with E-state index in [0.29, 0.717) is 6.54 Å². The lowest BCUT2D eigenvalue weighted by atomic mass is 9.87. The van der Waals surface area contributed by atoms with Crippen LogP contribution in [0.1, 0.15) is 34.6 Å². The largest absolute Gasteiger partial charge is 0.480 e. The molecule has 2 amide bonds. The van der Waals surface area contributed by atoms with Crippen LogP contribution in [0, 0.1) is 11.3 Å². The number of carboxylic acids is 1. The summed E-state index contributed by atoms with van der Waals surface area (Å²) in [6, 6.07) is -1.39. The van der Waals surface area contributed by atoms with E-state index in [4.69, 9.17) is 0 Å². The van der Waals surface area contributed by atoms with Crippen molar-refractivity contribution in [2.45, 2.75) is 46.7 Å². The Kier molecular flexibility index (Phi) is 6.99. The monoisotopic (exact) mass is 287 g/mol. The Morgan fingerprint density at radius 1 is 1.15 bits per heavy atom. The molecule has 20 heavy (non-hydrogen) atoms. The third kappa shape index (κ3) is 6.75. The highest BCUT2D eigenvalue weighted by atomic mass is 16.4. The van der Waals surface area contributed by atoms with Crippen LogP contribution in [0.2, 0.25) is 0 Å². The zero-order valence-corrected chi connectivity index (χ0v) is 13.7. The quantitative estimate of drug-likeness (QED) is 0.689. The van der Waals surface area contributed by atoms with Crippen molar-refractivity contribution >= 4 is 12.0 Å². The van der Waals surface area contributed by atoms with E-state index >= 15 is 0 Å². The molecule has 118 valence electrons. The number of nitrogens with one attached hydrogen (secondary N) is 2. The van der Waals surface area contributed by atoms with Gasteiger partial charge in [-0.15, -0.1) is 0 Å². The summed E-state index contributed by atoms with van der Waals surface area (Å²) in [7, 11) is 3.87. The van der Waals surface area contributed by atoms with Gasteiger partial charge in [0, 0.05) is 12.6 Å². The van der Waals surface area contributed by atoms with Gasteiger partial charge in [-0.1, -0.05) is 34.6 Å². The topological polar surface area (TPSA) is 81.7 Å². The van der Waals surface area contributed by atoms with Gasteiger partial charge >= 0.3 is 12.0 Å². The van der Waals surface area contributed by atoms with E-state index in [9.17, 15) is 14.7 Å². The third-order valence-electron chi connectivity index (χ3n) is 3.07. The van der Waals surface area contributed by atoms with Crippen LogP contribution in [0.5, 0.6) is 0 Å². The maximum absolute atomic E-state index is 12.0. The average molecular weight is 287 g/mol. The molecule has 0 aliphatic rings.